The lowest BCUT2D eigenvalue weighted by molar-refractivity contribution is -0.187. The molecule has 310 valence electrons. The van der Waals surface area contributed by atoms with E-state index in [1.807, 2.05) is 24.3 Å². The number of hydrogen-bond donors (Lipinski definition) is 2. The number of unbranched alkanes of at least 4 members (excludes halogenated alkanes) is 2. The lowest BCUT2D eigenvalue weighted by Crippen LogP contribution is -2.51. The number of imide groups is 1. The van der Waals surface area contributed by atoms with Crippen molar-refractivity contribution in [1.82, 2.24) is 9.80 Å². The second kappa shape index (κ2) is 18.5. The molecule has 0 radical (unpaired) electrons. The molecule has 2 fully saturated rings. The molecular weight excluding hydrogens is 756 g/mol. The summed E-state index contributed by atoms with van der Waals surface area (Å²) < 4.78 is 60.4. The number of nitrogens with zero attached hydrogens (tertiary/aromatic N) is 2. The summed E-state index contributed by atoms with van der Waals surface area (Å²) in [7, 11) is 0. The highest BCUT2D eigenvalue weighted by atomic mass is 19.4. The van der Waals surface area contributed by atoms with E-state index in [1.165, 1.54) is 57.1 Å². The van der Waals surface area contributed by atoms with E-state index in [2.05, 4.69) is 10.6 Å². The number of ether oxygens (including phenoxy) is 1. The van der Waals surface area contributed by atoms with Crippen molar-refractivity contribution < 1.29 is 46.3 Å². The predicted octanol–water partition coefficient (Wildman–Crippen LogP) is 8.97. The third-order valence-electron chi connectivity index (χ3n) is 11.6. The van der Waals surface area contributed by atoms with Crippen LogP contribution < -0.4 is 10.6 Å². The van der Waals surface area contributed by atoms with Crippen LogP contribution in [0.5, 0.6) is 0 Å². The zero-order valence-electron chi connectivity index (χ0n) is 32.7. The van der Waals surface area contributed by atoms with Gasteiger partial charge in [-0.05, 0) is 85.2 Å². The molecular formula is C44H50F4N4O6. The van der Waals surface area contributed by atoms with Crippen LogP contribution in [-0.2, 0) is 48.9 Å². The SMILES string of the molecule is C[C@H](N(Cc1ccc(F)cc1)C(=O)CN1C(=O)OC2(CCc3cc(NC(=O)CCc4ccc(NC(=O)CCCCCC5CCCCC5)cc4)ccc32)C1=O)C(F)(F)F. The third-order valence-corrected chi connectivity index (χ3v) is 11.6. The van der Waals surface area contributed by atoms with Crippen LogP contribution in [0.3, 0.4) is 0 Å². The Morgan fingerprint density at radius 1 is 0.862 bits per heavy atom. The average molecular weight is 807 g/mol. The van der Waals surface area contributed by atoms with Crippen molar-refractivity contribution in [1.29, 1.82) is 0 Å². The topological polar surface area (TPSA) is 125 Å². The van der Waals surface area contributed by atoms with Crippen LogP contribution >= 0.6 is 0 Å². The van der Waals surface area contributed by atoms with Crippen LogP contribution in [0.4, 0.5) is 33.7 Å². The van der Waals surface area contributed by atoms with E-state index in [0.29, 0.717) is 51.6 Å². The summed E-state index contributed by atoms with van der Waals surface area (Å²) in [4.78, 5) is 66.4. The lowest BCUT2D eigenvalue weighted by Gasteiger charge is -2.31. The molecule has 2 aliphatic carbocycles. The lowest BCUT2D eigenvalue weighted by atomic mass is 9.85. The third kappa shape index (κ3) is 10.4. The molecule has 5 amide bonds. The summed E-state index contributed by atoms with van der Waals surface area (Å²) in [5.41, 5.74) is 1.56. The minimum atomic E-state index is -4.82. The molecule has 0 aromatic heterocycles. The monoisotopic (exact) mass is 806 g/mol. The van der Waals surface area contributed by atoms with Crippen molar-refractivity contribution in [2.75, 3.05) is 17.2 Å². The highest BCUT2D eigenvalue weighted by molar-refractivity contribution is 6.06. The van der Waals surface area contributed by atoms with E-state index in [0.717, 1.165) is 43.4 Å². The highest BCUT2D eigenvalue weighted by Crippen LogP contribution is 2.46. The molecule has 0 bridgehead atoms. The van der Waals surface area contributed by atoms with E-state index < -0.39 is 54.6 Å². The van der Waals surface area contributed by atoms with Crippen molar-refractivity contribution in [3.63, 3.8) is 0 Å². The summed E-state index contributed by atoms with van der Waals surface area (Å²) >= 11 is 0. The fraction of sp³-hybridized carbons (Fsp3) is 0.477. The number of aryl methyl sites for hydroxylation is 2. The van der Waals surface area contributed by atoms with Crippen LogP contribution in [0.1, 0.15) is 106 Å². The van der Waals surface area contributed by atoms with Gasteiger partial charge < -0.3 is 20.3 Å². The number of hydrogen-bond acceptors (Lipinski definition) is 6. The van der Waals surface area contributed by atoms with Gasteiger partial charge in [-0.1, -0.05) is 81.7 Å². The molecule has 10 nitrogen and oxygen atoms in total. The number of nitrogens with one attached hydrogen (secondary N) is 2. The summed E-state index contributed by atoms with van der Waals surface area (Å²) in [5, 5.41) is 5.81. The molecule has 6 rings (SSSR count). The number of alkyl halides is 3. The minimum absolute atomic E-state index is 0.00574. The Bertz CT molecular complexity index is 1970. The van der Waals surface area contributed by atoms with E-state index >= 15 is 0 Å². The first-order valence-corrected chi connectivity index (χ1v) is 20.2. The molecule has 2 atom stereocenters. The van der Waals surface area contributed by atoms with Crippen molar-refractivity contribution in [3.8, 4) is 0 Å². The number of anilines is 2. The van der Waals surface area contributed by atoms with Gasteiger partial charge in [-0.2, -0.15) is 13.2 Å². The van der Waals surface area contributed by atoms with Gasteiger partial charge in [0, 0.05) is 42.7 Å². The number of carbonyl (C=O) groups is 5. The first-order valence-electron chi connectivity index (χ1n) is 20.2. The Balaban J connectivity index is 0.979. The Hall–Kier alpha value is -5.27. The maximum atomic E-state index is 13.8. The Morgan fingerprint density at radius 2 is 1.52 bits per heavy atom. The number of fused-ring (bicyclic) bond motifs is 2. The molecule has 58 heavy (non-hydrogen) atoms. The van der Waals surface area contributed by atoms with Gasteiger partial charge in [0.25, 0.3) is 5.91 Å². The van der Waals surface area contributed by atoms with Crippen LogP contribution in [0.15, 0.2) is 66.7 Å². The number of rotatable bonds is 16. The predicted molar refractivity (Wildman–Crippen MR) is 209 cm³/mol. The number of amides is 5. The Morgan fingerprint density at radius 3 is 2.22 bits per heavy atom. The maximum absolute atomic E-state index is 13.8. The molecule has 3 aliphatic rings. The van der Waals surface area contributed by atoms with Gasteiger partial charge in [-0.3, -0.25) is 19.2 Å². The Labute approximate surface area is 335 Å². The molecule has 1 aliphatic heterocycles. The van der Waals surface area contributed by atoms with Crippen molar-refractivity contribution in [2.45, 2.75) is 121 Å². The first-order chi connectivity index (χ1) is 27.7. The summed E-state index contributed by atoms with van der Waals surface area (Å²) in [6.45, 7) is -0.732. The summed E-state index contributed by atoms with van der Waals surface area (Å²) in [6, 6.07) is 14.5. The number of benzene rings is 3. The second-order valence-corrected chi connectivity index (χ2v) is 15.7. The van der Waals surface area contributed by atoms with Crippen molar-refractivity contribution in [3.05, 3.63) is 94.8 Å². The van der Waals surface area contributed by atoms with Crippen LogP contribution in [0.2, 0.25) is 0 Å². The summed E-state index contributed by atoms with van der Waals surface area (Å²) in [5.74, 6) is -2.00. The smallest absolute Gasteiger partial charge is 0.418 e. The molecule has 1 heterocycles. The van der Waals surface area contributed by atoms with Gasteiger partial charge in [-0.25, -0.2) is 14.1 Å². The van der Waals surface area contributed by atoms with Gasteiger partial charge in [0.05, 0.1) is 0 Å². The fourth-order valence-corrected chi connectivity index (χ4v) is 8.19. The zero-order valence-corrected chi connectivity index (χ0v) is 32.7. The fourth-order valence-electron chi connectivity index (χ4n) is 8.19. The molecule has 3 aromatic carbocycles. The molecule has 1 unspecified atom stereocenters. The van der Waals surface area contributed by atoms with Crippen LogP contribution in [0.25, 0.3) is 0 Å². The van der Waals surface area contributed by atoms with E-state index in [1.54, 1.807) is 18.2 Å². The molecule has 1 spiro atoms. The largest absolute Gasteiger partial charge is 0.427 e. The molecule has 3 aromatic rings. The highest BCUT2D eigenvalue weighted by Gasteiger charge is 2.58. The van der Waals surface area contributed by atoms with Gasteiger partial charge in [0.2, 0.25) is 23.3 Å². The number of halogens is 4. The van der Waals surface area contributed by atoms with E-state index in [4.69, 9.17) is 4.74 Å². The van der Waals surface area contributed by atoms with Gasteiger partial charge in [-0.15, -0.1) is 0 Å². The average Bonchev–Trinajstić information content (AvgIpc) is 3.67. The van der Waals surface area contributed by atoms with Gasteiger partial charge >= 0.3 is 12.3 Å². The molecule has 1 saturated heterocycles. The summed E-state index contributed by atoms with van der Waals surface area (Å²) in [6.07, 6.45) is 6.66. The second-order valence-electron chi connectivity index (χ2n) is 15.7. The first kappa shape index (κ1) is 42.3. The normalized spacial score (nSPS) is 18.5. The van der Waals surface area contributed by atoms with Crippen LogP contribution in [-0.4, -0.2) is 58.3 Å². The number of carbonyl (C=O) groups excluding carboxylic acids is 5. The van der Waals surface area contributed by atoms with E-state index in [9.17, 15) is 41.5 Å². The van der Waals surface area contributed by atoms with Crippen molar-refractivity contribution in [2.24, 2.45) is 5.92 Å². The van der Waals surface area contributed by atoms with Gasteiger partial charge in [0.15, 0.2) is 0 Å². The molecule has 2 N–H and O–H groups in total. The molecule has 1 saturated carbocycles. The Kier molecular flexibility index (Phi) is 13.5. The minimum Gasteiger partial charge on any atom is -0.427 e. The van der Waals surface area contributed by atoms with Gasteiger partial charge in [0.1, 0.15) is 18.4 Å². The van der Waals surface area contributed by atoms with Crippen molar-refractivity contribution >= 4 is 41.1 Å². The maximum Gasteiger partial charge on any atom is 0.418 e. The van der Waals surface area contributed by atoms with Crippen LogP contribution in [0, 0.1) is 11.7 Å². The standard InChI is InChI=1S/C44H50F4N4O6/c1-29(44(46,47)48)51(27-32-12-17-34(45)18-13-32)40(55)28-52-41(56)43(58-42(52)57)25-24-33-26-36(21-22-37(33)43)50-39(54)23-16-31-14-19-35(20-15-31)49-38(53)11-7-3-6-10-30-8-4-2-5-9-30/h12-15,17-22,26,29-30H,2-11,16,23-25,27-28H2,1H3,(H,49,53)(H,50,54)/t29-,43?/m0/s1. The zero-order chi connectivity index (χ0) is 41.5. The molecule has 14 heteroatoms. The van der Waals surface area contributed by atoms with E-state index in [-0.39, 0.29) is 30.2 Å². The quantitative estimate of drug-likeness (QED) is 0.110.